The minimum absolute atomic E-state index is 0. The van der Waals surface area contributed by atoms with Gasteiger partial charge in [-0.2, -0.15) is 0 Å². The maximum absolute atomic E-state index is 11.9. The van der Waals surface area contributed by atoms with Crippen molar-refractivity contribution in [3.05, 3.63) is 34.9 Å². The second-order valence-electron chi connectivity index (χ2n) is 4.54. The fourth-order valence-corrected chi connectivity index (χ4v) is 2.31. The van der Waals surface area contributed by atoms with Crippen LogP contribution in [0, 0.1) is 0 Å². The third kappa shape index (κ3) is 4.99. The van der Waals surface area contributed by atoms with Crippen LogP contribution in [0.25, 0.3) is 0 Å². The van der Waals surface area contributed by atoms with Crippen molar-refractivity contribution in [2.75, 3.05) is 13.1 Å². The average Bonchev–Trinajstić information content (AvgIpc) is 2.32. The number of carbonyl (C=O) groups is 1. The zero-order chi connectivity index (χ0) is 13.0. The van der Waals surface area contributed by atoms with Crippen LogP contribution in [0.1, 0.15) is 12.0 Å². The Bertz CT molecular complexity index is 429. The topological polar surface area (TPSA) is 61.4 Å². The van der Waals surface area contributed by atoms with Crippen molar-refractivity contribution in [2.45, 2.75) is 25.0 Å². The molecule has 6 heteroatoms. The molecule has 2 rings (SSSR count). The Morgan fingerprint density at radius 1 is 1.53 bits per heavy atom. The normalized spacial score (nSPS) is 22.4. The molecule has 1 aliphatic heterocycles. The summed E-state index contributed by atoms with van der Waals surface area (Å²) in [5.74, 6) is -0.0804. The Labute approximate surface area is 123 Å². The number of carbonyl (C=O) groups excluding carboxylic acids is 1. The first-order valence-electron chi connectivity index (χ1n) is 6.08. The quantitative estimate of drug-likeness (QED) is 0.785. The van der Waals surface area contributed by atoms with Gasteiger partial charge in [0, 0.05) is 11.6 Å². The van der Waals surface area contributed by atoms with Crippen LogP contribution in [-0.2, 0) is 11.2 Å². The lowest BCUT2D eigenvalue weighted by Gasteiger charge is -2.29. The molecule has 1 aromatic rings. The van der Waals surface area contributed by atoms with Gasteiger partial charge in [0.15, 0.2) is 0 Å². The SMILES string of the molecule is Cl.O=C(Cc1cccc(Cl)c1)N[C@@H]1CCNC[C@H]1O. The molecule has 1 heterocycles. The van der Waals surface area contributed by atoms with E-state index in [1.807, 2.05) is 12.1 Å². The second-order valence-corrected chi connectivity index (χ2v) is 4.98. The first kappa shape index (κ1) is 16.2. The predicted octanol–water partition coefficient (Wildman–Crippen LogP) is 1.14. The number of hydrogen-bond acceptors (Lipinski definition) is 3. The molecule has 1 aliphatic rings. The van der Waals surface area contributed by atoms with Crippen LogP contribution >= 0.6 is 24.0 Å². The van der Waals surface area contributed by atoms with Crippen LogP contribution in [0.4, 0.5) is 0 Å². The van der Waals surface area contributed by atoms with Crippen molar-refractivity contribution in [3.8, 4) is 0 Å². The zero-order valence-electron chi connectivity index (χ0n) is 10.4. The molecule has 4 nitrogen and oxygen atoms in total. The number of benzene rings is 1. The van der Waals surface area contributed by atoms with Crippen molar-refractivity contribution >= 4 is 29.9 Å². The highest BCUT2D eigenvalue weighted by Crippen LogP contribution is 2.11. The van der Waals surface area contributed by atoms with Gasteiger partial charge in [0.2, 0.25) is 5.91 Å². The molecule has 1 saturated heterocycles. The second kappa shape index (κ2) is 7.70. The van der Waals surface area contributed by atoms with Gasteiger partial charge in [0.05, 0.1) is 18.6 Å². The Hall–Kier alpha value is -0.810. The zero-order valence-corrected chi connectivity index (χ0v) is 12.0. The summed E-state index contributed by atoms with van der Waals surface area (Å²) in [5.41, 5.74) is 0.878. The van der Waals surface area contributed by atoms with Crippen LogP contribution in [0.15, 0.2) is 24.3 Å². The van der Waals surface area contributed by atoms with Crippen LogP contribution in [0.3, 0.4) is 0 Å². The molecule has 19 heavy (non-hydrogen) atoms. The number of β-amino-alcohol motifs (C(OH)–C–C–N with tert-alkyl or cyclic N) is 1. The van der Waals surface area contributed by atoms with Gasteiger partial charge >= 0.3 is 0 Å². The maximum Gasteiger partial charge on any atom is 0.224 e. The van der Waals surface area contributed by atoms with Crippen LogP contribution in [0.2, 0.25) is 5.02 Å². The fraction of sp³-hybridized carbons (Fsp3) is 0.462. The summed E-state index contributed by atoms with van der Waals surface area (Å²) < 4.78 is 0. The van der Waals surface area contributed by atoms with E-state index >= 15 is 0 Å². The van der Waals surface area contributed by atoms with Gasteiger partial charge in [-0.25, -0.2) is 0 Å². The lowest BCUT2D eigenvalue weighted by molar-refractivity contribution is -0.122. The molecule has 0 saturated carbocycles. The van der Waals surface area contributed by atoms with Crippen molar-refractivity contribution in [3.63, 3.8) is 0 Å². The Kier molecular flexibility index (Phi) is 6.58. The molecule has 1 amide bonds. The Morgan fingerprint density at radius 2 is 2.32 bits per heavy atom. The van der Waals surface area contributed by atoms with Crippen molar-refractivity contribution < 1.29 is 9.90 Å². The first-order chi connectivity index (χ1) is 8.65. The summed E-state index contributed by atoms with van der Waals surface area (Å²) in [5, 5.41) is 16.3. The standard InChI is InChI=1S/C13H17ClN2O2.ClH/c14-10-3-1-2-9(6-10)7-13(18)16-11-4-5-15-8-12(11)17;/h1-3,6,11-12,15,17H,4-5,7-8H2,(H,16,18);1H/t11-,12-;/m1./s1. The van der Waals surface area contributed by atoms with Crippen molar-refractivity contribution in [1.29, 1.82) is 0 Å². The third-order valence-corrected chi connectivity index (χ3v) is 3.29. The summed E-state index contributed by atoms with van der Waals surface area (Å²) in [6.45, 7) is 1.35. The molecule has 3 N–H and O–H groups in total. The van der Waals surface area contributed by atoms with E-state index < -0.39 is 6.10 Å². The average molecular weight is 305 g/mol. The predicted molar refractivity (Wildman–Crippen MR) is 77.8 cm³/mol. The van der Waals surface area contributed by atoms with E-state index in [1.165, 1.54) is 0 Å². The summed E-state index contributed by atoms with van der Waals surface area (Å²) in [6, 6.07) is 7.09. The van der Waals surface area contributed by atoms with E-state index in [-0.39, 0.29) is 30.8 Å². The van der Waals surface area contributed by atoms with E-state index in [2.05, 4.69) is 10.6 Å². The van der Waals surface area contributed by atoms with Crippen LogP contribution in [-0.4, -0.2) is 36.2 Å². The number of rotatable bonds is 3. The minimum Gasteiger partial charge on any atom is -0.390 e. The Balaban J connectivity index is 0.00000180. The number of nitrogens with one attached hydrogen (secondary N) is 2. The lowest BCUT2D eigenvalue weighted by atomic mass is 10.0. The smallest absolute Gasteiger partial charge is 0.224 e. The molecule has 2 atom stereocenters. The molecule has 1 aromatic carbocycles. The molecular weight excluding hydrogens is 287 g/mol. The van der Waals surface area contributed by atoms with E-state index in [9.17, 15) is 9.90 Å². The van der Waals surface area contributed by atoms with Crippen LogP contribution < -0.4 is 10.6 Å². The molecule has 106 valence electrons. The molecule has 1 fully saturated rings. The molecule has 0 unspecified atom stereocenters. The number of amides is 1. The van der Waals surface area contributed by atoms with Gasteiger partial charge in [-0.1, -0.05) is 23.7 Å². The Morgan fingerprint density at radius 3 is 3.00 bits per heavy atom. The first-order valence-corrected chi connectivity index (χ1v) is 6.45. The number of piperidine rings is 1. The summed E-state index contributed by atoms with van der Waals surface area (Å²) in [6.07, 6.45) is 0.529. The van der Waals surface area contributed by atoms with Crippen molar-refractivity contribution in [2.24, 2.45) is 0 Å². The molecule has 0 bridgehead atoms. The van der Waals surface area contributed by atoms with Gasteiger partial charge in [0.25, 0.3) is 0 Å². The maximum atomic E-state index is 11.9. The van der Waals surface area contributed by atoms with E-state index in [0.717, 1.165) is 18.5 Å². The fourth-order valence-electron chi connectivity index (χ4n) is 2.10. The van der Waals surface area contributed by atoms with Gasteiger partial charge in [-0.05, 0) is 30.7 Å². The number of hydrogen-bond donors (Lipinski definition) is 3. The van der Waals surface area contributed by atoms with Gasteiger partial charge < -0.3 is 15.7 Å². The third-order valence-electron chi connectivity index (χ3n) is 3.05. The lowest BCUT2D eigenvalue weighted by Crippen LogP contribution is -2.52. The highest BCUT2D eigenvalue weighted by Gasteiger charge is 2.24. The molecule has 0 aliphatic carbocycles. The van der Waals surface area contributed by atoms with Gasteiger partial charge in [-0.3, -0.25) is 4.79 Å². The summed E-state index contributed by atoms with van der Waals surface area (Å²) in [7, 11) is 0. The molecule has 0 radical (unpaired) electrons. The minimum atomic E-state index is -0.512. The van der Waals surface area contributed by atoms with Crippen molar-refractivity contribution in [1.82, 2.24) is 10.6 Å². The summed E-state index contributed by atoms with van der Waals surface area (Å²) in [4.78, 5) is 11.9. The van der Waals surface area contributed by atoms with E-state index in [0.29, 0.717) is 11.6 Å². The van der Waals surface area contributed by atoms with E-state index in [4.69, 9.17) is 11.6 Å². The highest BCUT2D eigenvalue weighted by atomic mass is 35.5. The van der Waals surface area contributed by atoms with Gasteiger partial charge in [-0.15, -0.1) is 12.4 Å². The summed E-state index contributed by atoms with van der Waals surface area (Å²) >= 11 is 5.86. The molecule has 0 aromatic heterocycles. The monoisotopic (exact) mass is 304 g/mol. The van der Waals surface area contributed by atoms with Gasteiger partial charge in [0.1, 0.15) is 0 Å². The van der Waals surface area contributed by atoms with E-state index in [1.54, 1.807) is 12.1 Å². The number of aliphatic hydroxyl groups excluding tert-OH is 1. The highest BCUT2D eigenvalue weighted by molar-refractivity contribution is 6.30. The van der Waals surface area contributed by atoms with Crippen LogP contribution in [0.5, 0.6) is 0 Å². The number of aliphatic hydroxyl groups is 1. The largest absolute Gasteiger partial charge is 0.390 e. The number of halogens is 2. The molecule has 0 spiro atoms. The molecular formula is C13H18Cl2N2O2.